The zero-order valence-electron chi connectivity index (χ0n) is 10.8. The summed E-state index contributed by atoms with van der Waals surface area (Å²) < 4.78 is 5.33. The second kappa shape index (κ2) is 5.40. The van der Waals surface area contributed by atoms with Crippen LogP contribution in [0.3, 0.4) is 0 Å². The zero-order chi connectivity index (χ0) is 13.1. The van der Waals surface area contributed by atoms with Gasteiger partial charge in [0, 0.05) is 7.11 Å². The minimum atomic E-state index is -0.235. The molecule has 98 valence electrons. The van der Waals surface area contributed by atoms with Crippen LogP contribution in [-0.4, -0.2) is 30.3 Å². The Morgan fingerprint density at radius 2 is 2.22 bits per heavy atom. The third-order valence-electron chi connectivity index (χ3n) is 3.47. The Morgan fingerprint density at radius 3 is 2.89 bits per heavy atom. The molecule has 0 saturated heterocycles. The number of ether oxygens (including phenoxy) is 1. The standard InChI is InChI=1S/C14H19NO3/c1-9-6-7-10(12(16)8-9)14(17)15-11-4-3-5-13(11)18-2/h6-8,11,13,16H,3-5H2,1-2H3,(H,15,17). The summed E-state index contributed by atoms with van der Waals surface area (Å²) in [7, 11) is 1.67. The van der Waals surface area contributed by atoms with Gasteiger partial charge in [0.05, 0.1) is 17.7 Å². The van der Waals surface area contributed by atoms with Gasteiger partial charge in [0.2, 0.25) is 0 Å². The molecule has 4 nitrogen and oxygen atoms in total. The van der Waals surface area contributed by atoms with E-state index in [0.717, 1.165) is 24.8 Å². The summed E-state index contributed by atoms with van der Waals surface area (Å²) in [5.41, 5.74) is 1.25. The van der Waals surface area contributed by atoms with Crippen LogP contribution in [0.5, 0.6) is 5.75 Å². The van der Waals surface area contributed by atoms with E-state index >= 15 is 0 Å². The van der Waals surface area contributed by atoms with Gasteiger partial charge in [0.15, 0.2) is 0 Å². The van der Waals surface area contributed by atoms with Crippen molar-refractivity contribution in [3.05, 3.63) is 29.3 Å². The van der Waals surface area contributed by atoms with E-state index in [1.54, 1.807) is 19.2 Å². The number of rotatable bonds is 3. The van der Waals surface area contributed by atoms with Gasteiger partial charge < -0.3 is 15.2 Å². The lowest BCUT2D eigenvalue weighted by Gasteiger charge is -2.19. The van der Waals surface area contributed by atoms with E-state index in [2.05, 4.69) is 5.32 Å². The lowest BCUT2D eigenvalue weighted by atomic mass is 10.1. The van der Waals surface area contributed by atoms with Crippen molar-refractivity contribution < 1.29 is 14.6 Å². The smallest absolute Gasteiger partial charge is 0.255 e. The lowest BCUT2D eigenvalue weighted by molar-refractivity contribution is 0.0720. The molecule has 18 heavy (non-hydrogen) atoms. The van der Waals surface area contributed by atoms with E-state index in [-0.39, 0.29) is 23.8 Å². The quantitative estimate of drug-likeness (QED) is 0.861. The summed E-state index contributed by atoms with van der Waals surface area (Å²) in [4.78, 5) is 12.1. The third-order valence-corrected chi connectivity index (χ3v) is 3.47. The molecule has 2 N–H and O–H groups in total. The van der Waals surface area contributed by atoms with E-state index in [4.69, 9.17) is 4.74 Å². The number of aryl methyl sites for hydroxylation is 1. The lowest BCUT2D eigenvalue weighted by Crippen LogP contribution is -2.40. The van der Waals surface area contributed by atoms with E-state index < -0.39 is 0 Å². The molecule has 1 aliphatic rings. The van der Waals surface area contributed by atoms with Crippen molar-refractivity contribution >= 4 is 5.91 Å². The Hall–Kier alpha value is -1.55. The van der Waals surface area contributed by atoms with Crippen LogP contribution >= 0.6 is 0 Å². The number of phenolic OH excluding ortho intramolecular Hbond substituents is 1. The van der Waals surface area contributed by atoms with Crippen LogP contribution in [0.4, 0.5) is 0 Å². The highest BCUT2D eigenvalue weighted by Gasteiger charge is 2.29. The monoisotopic (exact) mass is 249 g/mol. The molecule has 1 aliphatic carbocycles. The maximum Gasteiger partial charge on any atom is 0.255 e. The number of amides is 1. The Labute approximate surface area is 107 Å². The van der Waals surface area contributed by atoms with E-state index in [1.807, 2.05) is 13.0 Å². The Balaban J connectivity index is 2.07. The minimum Gasteiger partial charge on any atom is -0.507 e. The fraction of sp³-hybridized carbons (Fsp3) is 0.500. The largest absolute Gasteiger partial charge is 0.507 e. The predicted octanol–water partition coefficient (Wildman–Crippen LogP) is 2.00. The first-order valence-corrected chi connectivity index (χ1v) is 6.25. The molecular formula is C14H19NO3. The van der Waals surface area contributed by atoms with E-state index in [1.165, 1.54) is 0 Å². The first-order valence-electron chi connectivity index (χ1n) is 6.25. The molecule has 0 spiro atoms. The number of hydrogen-bond donors (Lipinski definition) is 2. The van der Waals surface area contributed by atoms with Crippen molar-refractivity contribution in [3.8, 4) is 5.75 Å². The van der Waals surface area contributed by atoms with Crippen molar-refractivity contribution in [1.29, 1.82) is 0 Å². The van der Waals surface area contributed by atoms with Crippen molar-refractivity contribution in [3.63, 3.8) is 0 Å². The molecule has 0 aliphatic heterocycles. The van der Waals surface area contributed by atoms with Crippen LogP contribution in [0, 0.1) is 6.92 Å². The van der Waals surface area contributed by atoms with Gasteiger partial charge in [-0.05, 0) is 43.9 Å². The molecule has 0 heterocycles. The number of benzene rings is 1. The van der Waals surface area contributed by atoms with Crippen LogP contribution in [0.1, 0.15) is 35.2 Å². The maximum atomic E-state index is 12.1. The molecule has 0 radical (unpaired) electrons. The summed E-state index contributed by atoms with van der Waals surface area (Å²) in [6.45, 7) is 1.87. The molecule has 2 rings (SSSR count). The number of carbonyl (C=O) groups excluding carboxylic acids is 1. The molecule has 0 bridgehead atoms. The van der Waals surface area contributed by atoms with Crippen LogP contribution in [-0.2, 0) is 4.74 Å². The van der Waals surface area contributed by atoms with E-state index in [0.29, 0.717) is 5.56 Å². The first kappa shape index (κ1) is 12.9. The molecule has 1 amide bonds. The van der Waals surface area contributed by atoms with Gasteiger partial charge in [-0.2, -0.15) is 0 Å². The highest BCUT2D eigenvalue weighted by atomic mass is 16.5. The van der Waals surface area contributed by atoms with Crippen LogP contribution in [0.25, 0.3) is 0 Å². The number of nitrogens with one attached hydrogen (secondary N) is 1. The first-order chi connectivity index (χ1) is 8.61. The van der Waals surface area contributed by atoms with Crippen molar-refractivity contribution in [2.75, 3.05) is 7.11 Å². The molecular weight excluding hydrogens is 230 g/mol. The second-order valence-corrected chi connectivity index (χ2v) is 4.81. The highest BCUT2D eigenvalue weighted by molar-refractivity contribution is 5.97. The fourth-order valence-corrected chi connectivity index (χ4v) is 2.45. The average Bonchev–Trinajstić information content (AvgIpc) is 2.76. The molecule has 1 aromatic carbocycles. The van der Waals surface area contributed by atoms with Crippen LogP contribution in [0.15, 0.2) is 18.2 Å². The molecule has 0 aromatic heterocycles. The number of aromatic hydroxyl groups is 1. The third kappa shape index (κ3) is 2.64. The van der Waals surface area contributed by atoms with Gasteiger partial charge in [0.1, 0.15) is 5.75 Å². The number of carbonyl (C=O) groups is 1. The van der Waals surface area contributed by atoms with Gasteiger partial charge in [-0.1, -0.05) is 6.07 Å². The van der Waals surface area contributed by atoms with Crippen LogP contribution in [0.2, 0.25) is 0 Å². The minimum absolute atomic E-state index is 0.0273. The molecule has 4 heteroatoms. The zero-order valence-corrected chi connectivity index (χ0v) is 10.8. The topological polar surface area (TPSA) is 58.6 Å². The normalized spacial score (nSPS) is 23.0. The summed E-state index contributed by atoms with van der Waals surface area (Å²) in [5, 5.41) is 12.7. The van der Waals surface area contributed by atoms with Gasteiger partial charge >= 0.3 is 0 Å². The Kier molecular flexibility index (Phi) is 3.87. The Bertz CT molecular complexity index is 445. The highest BCUT2D eigenvalue weighted by Crippen LogP contribution is 2.23. The molecule has 1 aromatic rings. The van der Waals surface area contributed by atoms with Gasteiger partial charge in [-0.15, -0.1) is 0 Å². The molecule has 1 fully saturated rings. The molecule has 1 saturated carbocycles. The van der Waals surface area contributed by atoms with E-state index in [9.17, 15) is 9.90 Å². The molecule has 2 atom stereocenters. The fourth-order valence-electron chi connectivity index (χ4n) is 2.45. The number of methoxy groups -OCH3 is 1. The summed E-state index contributed by atoms with van der Waals surface area (Å²) >= 11 is 0. The van der Waals surface area contributed by atoms with Gasteiger partial charge in [-0.3, -0.25) is 4.79 Å². The van der Waals surface area contributed by atoms with Crippen LogP contribution < -0.4 is 5.32 Å². The Morgan fingerprint density at radius 1 is 1.44 bits per heavy atom. The number of hydrogen-bond acceptors (Lipinski definition) is 3. The molecule has 2 unspecified atom stereocenters. The number of phenols is 1. The van der Waals surface area contributed by atoms with Crippen molar-refractivity contribution in [2.24, 2.45) is 0 Å². The second-order valence-electron chi connectivity index (χ2n) is 4.81. The maximum absolute atomic E-state index is 12.1. The van der Waals surface area contributed by atoms with Crippen molar-refractivity contribution in [1.82, 2.24) is 5.32 Å². The SMILES string of the molecule is COC1CCCC1NC(=O)c1ccc(C)cc1O. The summed E-state index contributed by atoms with van der Waals surface area (Å²) in [5.74, 6) is -0.207. The van der Waals surface area contributed by atoms with Crippen molar-refractivity contribution in [2.45, 2.75) is 38.3 Å². The average molecular weight is 249 g/mol. The summed E-state index contributed by atoms with van der Waals surface area (Å²) in [6.07, 6.45) is 3.04. The van der Waals surface area contributed by atoms with Gasteiger partial charge in [-0.25, -0.2) is 0 Å². The summed E-state index contributed by atoms with van der Waals surface area (Å²) in [6, 6.07) is 5.11. The van der Waals surface area contributed by atoms with Gasteiger partial charge in [0.25, 0.3) is 5.91 Å². The predicted molar refractivity (Wildman–Crippen MR) is 68.7 cm³/mol.